The van der Waals surface area contributed by atoms with Gasteiger partial charge < -0.3 is 0 Å². The van der Waals surface area contributed by atoms with Crippen molar-refractivity contribution >= 4 is 37.4 Å². The zero-order valence-electron chi connectivity index (χ0n) is 17.7. The van der Waals surface area contributed by atoms with E-state index in [1.54, 1.807) is 10.8 Å². The molecule has 5 aromatic heterocycles. The second kappa shape index (κ2) is 7.38. The first-order valence-corrected chi connectivity index (χ1v) is 11.1. The summed E-state index contributed by atoms with van der Waals surface area (Å²) in [5.41, 5.74) is 4.51. The number of hydrogen-bond acceptors (Lipinski definition) is 6. The maximum Gasteiger partial charge on any atom is 0.280 e. The summed E-state index contributed by atoms with van der Waals surface area (Å²) in [6.07, 6.45) is -1.06. The second-order valence-corrected chi connectivity index (χ2v) is 8.85. The van der Waals surface area contributed by atoms with Crippen LogP contribution in [-0.4, -0.2) is 34.3 Å². The van der Waals surface area contributed by atoms with Crippen molar-refractivity contribution in [1.82, 2.24) is 34.3 Å². The van der Waals surface area contributed by atoms with Gasteiger partial charge in [-0.25, -0.2) is 28.2 Å². The predicted molar refractivity (Wildman–Crippen MR) is 123 cm³/mol. The Morgan fingerprint density at radius 1 is 1.03 bits per heavy atom. The van der Waals surface area contributed by atoms with Gasteiger partial charge in [0.15, 0.2) is 11.5 Å². The number of hydrogen-bond donors (Lipinski definition) is 0. The molecule has 7 nitrogen and oxygen atoms in total. The molecule has 1 aromatic carbocycles. The van der Waals surface area contributed by atoms with Gasteiger partial charge in [-0.05, 0) is 37.1 Å². The molecule has 0 bridgehead atoms. The Balaban J connectivity index is 1.58. The van der Waals surface area contributed by atoms with Crippen LogP contribution in [0.5, 0.6) is 0 Å². The van der Waals surface area contributed by atoms with E-state index in [0.29, 0.717) is 33.9 Å². The lowest BCUT2D eigenvalue weighted by molar-refractivity contribution is 0.146. The molecule has 164 valence electrons. The van der Waals surface area contributed by atoms with Crippen LogP contribution in [0.3, 0.4) is 0 Å². The molecule has 0 saturated heterocycles. The summed E-state index contributed by atoms with van der Waals surface area (Å²) in [6.45, 7) is 4.35. The van der Waals surface area contributed by atoms with Crippen molar-refractivity contribution in [3.05, 3.63) is 71.7 Å². The molecule has 0 unspecified atom stereocenters. The van der Waals surface area contributed by atoms with Crippen molar-refractivity contribution in [2.24, 2.45) is 0 Å². The molecule has 6 aromatic rings. The number of thiophene rings is 1. The maximum absolute atomic E-state index is 13.6. The van der Waals surface area contributed by atoms with E-state index in [-0.39, 0.29) is 5.69 Å². The monoisotopic (exact) mass is 461 g/mol. The molecule has 0 N–H and O–H groups in total. The number of alkyl halides is 2. The van der Waals surface area contributed by atoms with Crippen LogP contribution in [0.1, 0.15) is 29.3 Å². The van der Waals surface area contributed by atoms with Crippen molar-refractivity contribution in [1.29, 1.82) is 0 Å². The van der Waals surface area contributed by atoms with Crippen LogP contribution in [-0.2, 0) is 6.54 Å². The summed E-state index contributed by atoms with van der Waals surface area (Å²) in [5.74, 6) is 0.595. The molecule has 0 amide bonds. The smallest absolute Gasteiger partial charge is 0.262 e. The van der Waals surface area contributed by atoms with E-state index >= 15 is 0 Å². The first-order chi connectivity index (χ1) is 16.0. The number of benzene rings is 1. The van der Waals surface area contributed by atoms with E-state index in [1.807, 2.05) is 54.9 Å². The molecule has 0 atom stereocenters. The average molecular weight is 462 g/mol. The Bertz CT molecular complexity index is 1650. The first-order valence-electron chi connectivity index (χ1n) is 10.3. The molecule has 5 heterocycles. The largest absolute Gasteiger partial charge is 0.280 e. The molecule has 0 fully saturated rings. The zero-order valence-corrected chi connectivity index (χ0v) is 18.5. The van der Waals surface area contributed by atoms with E-state index in [0.717, 1.165) is 27.0 Å². The SMILES string of the molecule is Cc1cc(C)n(Cc2nc3c4sc5nc(C(F)F)cc(-c6ccccc6)c5c4ncn3n2)n1. The normalized spacial score (nSPS) is 12.0. The fourth-order valence-electron chi connectivity index (χ4n) is 4.09. The standard InChI is InChI=1S/C23H17F2N7S/c1-12-8-13(2)31(29-12)10-17-28-22-20-19(26-11-32(22)30-17)18-15(14-6-4-3-5-7-14)9-16(21(24)25)27-23(18)33-20/h3-9,11,21H,10H2,1-2H3. The van der Waals surface area contributed by atoms with Crippen LogP contribution in [0, 0.1) is 13.8 Å². The fraction of sp³-hybridized carbons (Fsp3) is 0.174. The summed E-state index contributed by atoms with van der Waals surface area (Å²) in [4.78, 5) is 14.1. The molecule has 0 spiro atoms. The minimum absolute atomic E-state index is 0.254. The van der Waals surface area contributed by atoms with Gasteiger partial charge in [-0.1, -0.05) is 30.3 Å². The summed E-state index contributed by atoms with van der Waals surface area (Å²) in [7, 11) is 0. The Hall–Kier alpha value is -3.79. The topological polar surface area (TPSA) is 73.8 Å². The third-order valence-corrected chi connectivity index (χ3v) is 6.60. The number of fused-ring (bicyclic) bond motifs is 5. The highest BCUT2D eigenvalue weighted by Crippen LogP contribution is 2.40. The van der Waals surface area contributed by atoms with Crippen molar-refractivity contribution in [3.63, 3.8) is 0 Å². The van der Waals surface area contributed by atoms with E-state index < -0.39 is 6.43 Å². The van der Waals surface area contributed by atoms with Gasteiger partial charge in [0, 0.05) is 11.1 Å². The van der Waals surface area contributed by atoms with Crippen molar-refractivity contribution in [3.8, 4) is 11.1 Å². The molecule has 0 aliphatic rings. The maximum atomic E-state index is 13.6. The van der Waals surface area contributed by atoms with Gasteiger partial charge in [-0.15, -0.1) is 16.4 Å². The van der Waals surface area contributed by atoms with Crippen molar-refractivity contribution in [2.75, 3.05) is 0 Å². The quantitative estimate of drug-likeness (QED) is 0.354. The van der Waals surface area contributed by atoms with Crippen LogP contribution in [0.2, 0.25) is 0 Å². The van der Waals surface area contributed by atoms with Gasteiger partial charge >= 0.3 is 0 Å². The molecule has 6 rings (SSSR count). The minimum Gasteiger partial charge on any atom is -0.262 e. The van der Waals surface area contributed by atoms with E-state index in [1.165, 1.54) is 17.4 Å². The fourth-order valence-corrected chi connectivity index (χ4v) is 5.22. The van der Waals surface area contributed by atoms with Crippen LogP contribution in [0.25, 0.3) is 37.2 Å². The number of rotatable bonds is 4. The van der Waals surface area contributed by atoms with Crippen LogP contribution >= 0.6 is 11.3 Å². The highest BCUT2D eigenvalue weighted by atomic mass is 32.1. The van der Waals surface area contributed by atoms with Gasteiger partial charge in [0.25, 0.3) is 6.43 Å². The molecular formula is C23H17F2N7S. The highest BCUT2D eigenvalue weighted by molar-refractivity contribution is 7.26. The number of pyridine rings is 1. The number of nitrogens with zero attached hydrogens (tertiary/aromatic N) is 7. The van der Waals surface area contributed by atoms with E-state index in [9.17, 15) is 8.78 Å². The third-order valence-electron chi connectivity index (χ3n) is 5.53. The van der Waals surface area contributed by atoms with Crippen molar-refractivity contribution < 1.29 is 8.78 Å². The molecule has 0 aliphatic heterocycles. The number of aromatic nitrogens is 7. The predicted octanol–water partition coefficient (Wildman–Crippen LogP) is 5.35. The van der Waals surface area contributed by atoms with E-state index in [4.69, 9.17) is 4.98 Å². The van der Waals surface area contributed by atoms with Gasteiger partial charge in [0.2, 0.25) is 0 Å². The first kappa shape index (κ1) is 19.9. The molecule has 0 radical (unpaired) electrons. The lowest BCUT2D eigenvalue weighted by Crippen LogP contribution is -2.05. The molecular weight excluding hydrogens is 444 g/mol. The Morgan fingerprint density at radius 3 is 2.58 bits per heavy atom. The van der Waals surface area contributed by atoms with Crippen LogP contribution in [0.15, 0.2) is 48.8 Å². The summed E-state index contributed by atoms with van der Waals surface area (Å²) >= 11 is 1.31. The third kappa shape index (κ3) is 3.25. The van der Waals surface area contributed by atoms with Gasteiger partial charge in [0.05, 0.1) is 11.2 Å². The lowest BCUT2D eigenvalue weighted by atomic mass is 10.0. The van der Waals surface area contributed by atoms with Crippen LogP contribution < -0.4 is 0 Å². The Kier molecular flexibility index (Phi) is 4.44. The number of aryl methyl sites for hydroxylation is 2. The zero-order chi connectivity index (χ0) is 22.7. The van der Waals surface area contributed by atoms with E-state index in [2.05, 4.69) is 20.2 Å². The molecule has 0 aliphatic carbocycles. The van der Waals surface area contributed by atoms with Gasteiger partial charge in [-0.3, -0.25) is 4.68 Å². The summed E-state index contributed by atoms with van der Waals surface area (Å²) < 4.78 is 31.5. The van der Waals surface area contributed by atoms with Crippen molar-refractivity contribution in [2.45, 2.75) is 26.8 Å². The van der Waals surface area contributed by atoms with Crippen LogP contribution in [0.4, 0.5) is 8.78 Å². The minimum atomic E-state index is -2.67. The number of halogens is 2. The molecule has 10 heteroatoms. The lowest BCUT2D eigenvalue weighted by Gasteiger charge is -2.07. The average Bonchev–Trinajstić information content (AvgIpc) is 3.47. The Labute approximate surface area is 190 Å². The second-order valence-electron chi connectivity index (χ2n) is 7.85. The van der Waals surface area contributed by atoms with Gasteiger partial charge in [-0.2, -0.15) is 5.10 Å². The highest BCUT2D eigenvalue weighted by Gasteiger charge is 2.21. The summed E-state index contributed by atoms with van der Waals surface area (Å²) in [6, 6.07) is 12.9. The molecule has 33 heavy (non-hydrogen) atoms. The molecule has 0 saturated carbocycles. The van der Waals surface area contributed by atoms with Gasteiger partial charge in [0.1, 0.15) is 28.1 Å². The Morgan fingerprint density at radius 2 is 1.85 bits per heavy atom. The summed E-state index contributed by atoms with van der Waals surface area (Å²) in [5, 5.41) is 9.78.